The minimum atomic E-state index is -4.21. The molecule has 0 aromatic heterocycles. The van der Waals surface area contributed by atoms with Crippen LogP contribution in [0.1, 0.15) is 0 Å². The SMILES string of the molecule is CN(CCOc1ccccc1F)S(=O)(=O)c1cc(F)ccc1F. The van der Waals surface area contributed by atoms with Gasteiger partial charge in [-0.2, -0.15) is 4.31 Å². The van der Waals surface area contributed by atoms with Crippen LogP contribution in [0.3, 0.4) is 0 Å². The summed E-state index contributed by atoms with van der Waals surface area (Å²) in [5.41, 5.74) is 0. The number of hydrogen-bond acceptors (Lipinski definition) is 3. The Hall–Kier alpha value is -2.06. The first-order valence-corrected chi connectivity index (χ1v) is 8.05. The van der Waals surface area contributed by atoms with Gasteiger partial charge in [-0.1, -0.05) is 12.1 Å². The first kappa shape index (κ1) is 17.3. The van der Waals surface area contributed by atoms with Gasteiger partial charge in [0.1, 0.15) is 23.1 Å². The number of para-hydroxylation sites is 1. The largest absolute Gasteiger partial charge is 0.489 e. The highest BCUT2D eigenvalue weighted by atomic mass is 32.2. The van der Waals surface area contributed by atoms with Crippen molar-refractivity contribution >= 4 is 10.0 Å². The molecule has 0 bridgehead atoms. The number of halogens is 3. The fourth-order valence-corrected chi connectivity index (χ4v) is 3.04. The molecule has 0 saturated carbocycles. The summed E-state index contributed by atoms with van der Waals surface area (Å²) < 4.78 is 70.5. The van der Waals surface area contributed by atoms with Gasteiger partial charge in [0.05, 0.1) is 0 Å². The Bertz CT molecular complexity index is 796. The third-order valence-electron chi connectivity index (χ3n) is 3.08. The molecule has 0 aliphatic heterocycles. The van der Waals surface area contributed by atoms with Gasteiger partial charge in [-0.25, -0.2) is 21.6 Å². The van der Waals surface area contributed by atoms with Gasteiger partial charge in [0.15, 0.2) is 11.6 Å². The lowest BCUT2D eigenvalue weighted by molar-refractivity contribution is 0.275. The number of likely N-dealkylation sites (N-methyl/N-ethyl adjacent to an activating group) is 1. The average molecular weight is 345 g/mol. The Balaban J connectivity index is 2.06. The van der Waals surface area contributed by atoms with Crippen molar-refractivity contribution in [1.29, 1.82) is 0 Å². The van der Waals surface area contributed by atoms with Gasteiger partial charge in [0.25, 0.3) is 0 Å². The lowest BCUT2D eigenvalue weighted by Gasteiger charge is -2.18. The second-order valence-electron chi connectivity index (χ2n) is 4.68. The summed E-state index contributed by atoms with van der Waals surface area (Å²) in [4.78, 5) is -0.758. The van der Waals surface area contributed by atoms with Crippen LogP contribution >= 0.6 is 0 Å². The number of nitrogens with zero attached hydrogens (tertiary/aromatic N) is 1. The standard InChI is InChI=1S/C15H14F3NO3S/c1-19(8-9-22-14-5-3-2-4-12(14)17)23(20,21)15-10-11(16)6-7-13(15)18/h2-7,10H,8-9H2,1H3. The van der Waals surface area contributed by atoms with E-state index in [1.165, 1.54) is 25.2 Å². The highest BCUT2D eigenvalue weighted by molar-refractivity contribution is 7.89. The minimum Gasteiger partial charge on any atom is -0.489 e. The summed E-state index contributed by atoms with van der Waals surface area (Å²) in [6, 6.07) is 7.85. The van der Waals surface area contributed by atoms with E-state index < -0.39 is 32.4 Å². The average Bonchev–Trinajstić information content (AvgIpc) is 2.51. The third kappa shape index (κ3) is 4.02. The topological polar surface area (TPSA) is 46.6 Å². The summed E-state index contributed by atoms with van der Waals surface area (Å²) in [7, 11) is -3.01. The number of ether oxygens (including phenoxy) is 1. The molecule has 2 rings (SSSR count). The molecule has 0 aliphatic rings. The molecule has 0 heterocycles. The Morgan fingerprint density at radius 3 is 2.43 bits per heavy atom. The first-order chi connectivity index (χ1) is 10.8. The van der Waals surface area contributed by atoms with Crippen molar-refractivity contribution in [2.24, 2.45) is 0 Å². The molecule has 0 fully saturated rings. The monoisotopic (exact) mass is 345 g/mol. The van der Waals surface area contributed by atoms with E-state index in [0.717, 1.165) is 16.4 Å². The molecule has 4 nitrogen and oxygen atoms in total. The quantitative estimate of drug-likeness (QED) is 0.809. The summed E-state index contributed by atoms with van der Waals surface area (Å²) in [6.45, 7) is -0.305. The Kier molecular flexibility index (Phi) is 5.27. The number of hydrogen-bond donors (Lipinski definition) is 0. The lowest BCUT2D eigenvalue weighted by atomic mass is 10.3. The van der Waals surface area contributed by atoms with Crippen LogP contribution in [0.4, 0.5) is 13.2 Å². The highest BCUT2D eigenvalue weighted by Crippen LogP contribution is 2.20. The van der Waals surface area contributed by atoms with Crippen molar-refractivity contribution in [1.82, 2.24) is 4.31 Å². The van der Waals surface area contributed by atoms with Crippen LogP contribution in [0.5, 0.6) is 5.75 Å². The normalized spacial score (nSPS) is 11.7. The molecule has 124 valence electrons. The van der Waals surface area contributed by atoms with E-state index in [-0.39, 0.29) is 18.9 Å². The molecule has 23 heavy (non-hydrogen) atoms. The van der Waals surface area contributed by atoms with Crippen molar-refractivity contribution < 1.29 is 26.3 Å². The molecule has 0 N–H and O–H groups in total. The summed E-state index contributed by atoms with van der Waals surface area (Å²) >= 11 is 0. The Morgan fingerprint density at radius 1 is 1.04 bits per heavy atom. The Labute approximate surface area is 132 Å². The van der Waals surface area contributed by atoms with Crippen molar-refractivity contribution in [3.8, 4) is 5.75 Å². The van der Waals surface area contributed by atoms with Gasteiger partial charge in [-0.3, -0.25) is 0 Å². The molecular formula is C15H14F3NO3S. The van der Waals surface area contributed by atoms with E-state index in [1.54, 1.807) is 6.07 Å². The summed E-state index contributed by atoms with van der Waals surface area (Å²) in [6.07, 6.45) is 0. The maximum Gasteiger partial charge on any atom is 0.245 e. The fourth-order valence-electron chi connectivity index (χ4n) is 1.81. The van der Waals surface area contributed by atoms with Crippen LogP contribution in [-0.4, -0.2) is 32.9 Å². The van der Waals surface area contributed by atoms with Crippen LogP contribution in [0.25, 0.3) is 0 Å². The van der Waals surface area contributed by atoms with Crippen molar-refractivity contribution in [3.63, 3.8) is 0 Å². The molecule has 0 atom stereocenters. The zero-order chi connectivity index (χ0) is 17.0. The van der Waals surface area contributed by atoms with Crippen LogP contribution in [0, 0.1) is 17.5 Å². The predicted octanol–water partition coefficient (Wildman–Crippen LogP) is 2.80. The summed E-state index contributed by atoms with van der Waals surface area (Å²) in [5, 5.41) is 0. The second kappa shape index (κ2) is 7.01. The van der Waals surface area contributed by atoms with Crippen molar-refractivity contribution in [3.05, 3.63) is 59.9 Å². The molecular weight excluding hydrogens is 331 g/mol. The molecule has 0 aliphatic carbocycles. The lowest BCUT2D eigenvalue weighted by Crippen LogP contribution is -2.31. The number of rotatable bonds is 6. The smallest absolute Gasteiger partial charge is 0.245 e. The van der Waals surface area contributed by atoms with Crippen LogP contribution in [-0.2, 0) is 10.0 Å². The van der Waals surface area contributed by atoms with Gasteiger partial charge < -0.3 is 4.74 Å². The fraction of sp³-hybridized carbons (Fsp3) is 0.200. The third-order valence-corrected chi connectivity index (χ3v) is 4.95. The molecule has 0 radical (unpaired) electrons. The molecule has 0 unspecified atom stereocenters. The van der Waals surface area contributed by atoms with Crippen LogP contribution in [0.15, 0.2) is 47.4 Å². The molecule has 0 spiro atoms. The van der Waals surface area contributed by atoms with E-state index in [1.807, 2.05) is 0 Å². The van der Waals surface area contributed by atoms with Crippen LogP contribution in [0.2, 0.25) is 0 Å². The van der Waals surface area contributed by atoms with Gasteiger partial charge in [0, 0.05) is 13.6 Å². The molecule has 0 saturated heterocycles. The van der Waals surface area contributed by atoms with Crippen molar-refractivity contribution in [2.75, 3.05) is 20.2 Å². The van der Waals surface area contributed by atoms with E-state index >= 15 is 0 Å². The Morgan fingerprint density at radius 2 is 1.74 bits per heavy atom. The predicted molar refractivity (Wildman–Crippen MR) is 78.1 cm³/mol. The van der Waals surface area contributed by atoms with Gasteiger partial charge in [-0.05, 0) is 30.3 Å². The highest BCUT2D eigenvalue weighted by Gasteiger charge is 2.25. The minimum absolute atomic E-state index is 0.0183. The number of benzene rings is 2. The summed E-state index contributed by atoms with van der Waals surface area (Å²) in [5.74, 6) is -2.50. The van der Waals surface area contributed by atoms with E-state index in [4.69, 9.17) is 4.74 Å². The molecule has 2 aromatic carbocycles. The van der Waals surface area contributed by atoms with E-state index in [0.29, 0.717) is 6.07 Å². The first-order valence-electron chi connectivity index (χ1n) is 6.61. The molecule has 2 aromatic rings. The van der Waals surface area contributed by atoms with E-state index in [9.17, 15) is 21.6 Å². The van der Waals surface area contributed by atoms with Gasteiger partial charge in [-0.15, -0.1) is 0 Å². The van der Waals surface area contributed by atoms with Crippen LogP contribution < -0.4 is 4.74 Å². The number of sulfonamides is 1. The molecule has 0 amide bonds. The van der Waals surface area contributed by atoms with Crippen molar-refractivity contribution in [2.45, 2.75) is 4.90 Å². The maximum atomic E-state index is 13.6. The maximum absolute atomic E-state index is 13.6. The molecule has 8 heteroatoms. The zero-order valence-corrected chi connectivity index (χ0v) is 13.0. The van der Waals surface area contributed by atoms with Gasteiger partial charge in [0.2, 0.25) is 10.0 Å². The van der Waals surface area contributed by atoms with Gasteiger partial charge >= 0.3 is 0 Å². The zero-order valence-electron chi connectivity index (χ0n) is 12.2. The van der Waals surface area contributed by atoms with E-state index in [2.05, 4.69) is 0 Å². The second-order valence-corrected chi connectivity index (χ2v) is 6.69.